The van der Waals surface area contributed by atoms with E-state index in [4.69, 9.17) is 9.31 Å². The molecule has 1 aliphatic rings. The number of alkyl halides is 3. The smallest absolute Gasteiger partial charge is 0.399 e. The predicted molar refractivity (Wildman–Crippen MR) is 84.3 cm³/mol. The fourth-order valence-electron chi connectivity index (χ4n) is 2.47. The van der Waals surface area contributed by atoms with E-state index in [2.05, 4.69) is 5.10 Å². The van der Waals surface area contributed by atoms with Crippen LogP contribution in [0.25, 0.3) is 5.69 Å². The molecule has 4 nitrogen and oxygen atoms in total. The molecule has 2 heterocycles. The monoisotopic (exact) mass is 338 g/mol. The van der Waals surface area contributed by atoms with Crippen LogP contribution in [0.15, 0.2) is 36.7 Å². The van der Waals surface area contributed by atoms with Crippen LogP contribution in [0.4, 0.5) is 13.2 Å². The van der Waals surface area contributed by atoms with Crippen LogP contribution < -0.4 is 5.46 Å². The Morgan fingerprint density at radius 2 is 1.67 bits per heavy atom. The maximum atomic E-state index is 13.3. The summed E-state index contributed by atoms with van der Waals surface area (Å²) in [5.74, 6) is 0. The lowest BCUT2D eigenvalue weighted by Crippen LogP contribution is -2.41. The number of hydrogen-bond donors (Lipinski definition) is 0. The number of hydrogen-bond acceptors (Lipinski definition) is 3. The summed E-state index contributed by atoms with van der Waals surface area (Å²) in [6.07, 6.45) is -1.38. The second kappa shape index (κ2) is 5.36. The first-order valence-corrected chi connectivity index (χ1v) is 7.57. The molecule has 1 fully saturated rings. The molecule has 2 aromatic rings. The minimum Gasteiger partial charge on any atom is -0.399 e. The normalized spacial score (nSPS) is 19.7. The van der Waals surface area contributed by atoms with Crippen molar-refractivity contribution >= 4 is 12.6 Å². The molecule has 1 saturated heterocycles. The number of nitrogens with zero attached hydrogens (tertiary/aromatic N) is 2. The molecule has 1 aromatic heterocycles. The van der Waals surface area contributed by atoms with Gasteiger partial charge in [-0.3, -0.25) is 0 Å². The molecule has 1 aromatic carbocycles. The molecule has 0 saturated carbocycles. The first-order chi connectivity index (χ1) is 11.0. The molecule has 0 bridgehead atoms. The lowest BCUT2D eigenvalue weighted by atomic mass is 9.78. The van der Waals surface area contributed by atoms with Gasteiger partial charge in [-0.15, -0.1) is 0 Å². The Labute approximate surface area is 138 Å². The van der Waals surface area contributed by atoms with Crippen molar-refractivity contribution in [3.63, 3.8) is 0 Å². The van der Waals surface area contributed by atoms with Gasteiger partial charge in [0.05, 0.1) is 22.5 Å². The van der Waals surface area contributed by atoms with Gasteiger partial charge in [-0.1, -0.05) is 6.07 Å². The molecular weight excluding hydrogens is 320 g/mol. The third-order valence-electron chi connectivity index (χ3n) is 4.56. The Balaban J connectivity index is 2.07. The van der Waals surface area contributed by atoms with Crippen LogP contribution in [-0.2, 0) is 15.5 Å². The first-order valence-electron chi connectivity index (χ1n) is 7.57. The predicted octanol–water partition coefficient (Wildman–Crippen LogP) is 3.19. The summed E-state index contributed by atoms with van der Waals surface area (Å²) in [6, 6.07) is 5.37. The van der Waals surface area contributed by atoms with Gasteiger partial charge < -0.3 is 9.31 Å². The Kier molecular flexibility index (Phi) is 3.80. The van der Waals surface area contributed by atoms with Gasteiger partial charge in [0.25, 0.3) is 0 Å². The van der Waals surface area contributed by atoms with Gasteiger partial charge >= 0.3 is 13.3 Å². The maximum Gasteiger partial charge on any atom is 0.494 e. The molecule has 0 amide bonds. The highest BCUT2D eigenvalue weighted by atomic mass is 19.4. The van der Waals surface area contributed by atoms with Crippen molar-refractivity contribution < 1.29 is 22.5 Å². The lowest BCUT2D eigenvalue weighted by Gasteiger charge is -2.32. The summed E-state index contributed by atoms with van der Waals surface area (Å²) < 4.78 is 52.9. The van der Waals surface area contributed by atoms with Crippen molar-refractivity contribution in [2.45, 2.75) is 45.1 Å². The Morgan fingerprint density at radius 3 is 2.17 bits per heavy atom. The topological polar surface area (TPSA) is 36.3 Å². The zero-order chi connectivity index (χ0) is 17.8. The molecule has 1 aliphatic heterocycles. The summed E-state index contributed by atoms with van der Waals surface area (Å²) in [5.41, 5.74) is -1.40. The highest BCUT2D eigenvalue weighted by Gasteiger charge is 2.52. The molecule has 3 rings (SSSR count). The molecule has 24 heavy (non-hydrogen) atoms. The molecule has 8 heteroatoms. The summed E-state index contributed by atoms with van der Waals surface area (Å²) in [6.45, 7) is 7.42. The fraction of sp³-hybridized carbons (Fsp3) is 0.438. The van der Waals surface area contributed by atoms with E-state index in [0.29, 0.717) is 11.2 Å². The largest absolute Gasteiger partial charge is 0.494 e. The van der Waals surface area contributed by atoms with Crippen LogP contribution >= 0.6 is 0 Å². The molecule has 0 aliphatic carbocycles. The Hall–Kier alpha value is -1.80. The average Bonchev–Trinajstić information content (AvgIpc) is 3.04. The van der Waals surface area contributed by atoms with Gasteiger partial charge in [0.2, 0.25) is 0 Å². The molecule has 0 spiro atoms. The highest BCUT2D eigenvalue weighted by molar-refractivity contribution is 6.62. The van der Waals surface area contributed by atoms with Crippen LogP contribution in [0, 0.1) is 0 Å². The molecule has 0 unspecified atom stereocenters. The van der Waals surface area contributed by atoms with Gasteiger partial charge in [-0.2, -0.15) is 18.3 Å². The van der Waals surface area contributed by atoms with Crippen molar-refractivity contribution in [3.05, 3.63) is 42.2 Å². The summed E-state index contributed by atoms with van der Waals surface area (Å²) >= 11 is 0. The Bertz CT molecular complexity index is 726. The van der Waals surface area contributed by atoms with Gasteiger partial charge in [0.1, 0.15) is 0 Å². The van der Waals surface area contributed by atoms with Crippen LogP contribution in [0.3, 0.4) is 0 Å². The Morgan fingerprint density at radius 1 is 1.04 bits per heavy atom. The van der Waals surface area contributed by atoms with Crippen LogP contribution in [-0.4, -0.2) is 28.1 Å². The second-order valence-corrected chi connectivity index (χ2v) is 6.85. The second-order valence-electron chi connectivity index (χ2n) is 6.85. The minimum absolute atomic E-state index is 0.305. The molecular formula is C16H18BF3N2O2. The van der Waals surface area contributed by atoms with Crippen LogP contribution in [0.5, 0.6) is 0 Å². The highest BCUT2D eigenvalue weighted by Crippen LogP contribution is 2.37. The van der Waals surface area contributed by atoms with Crippen molar-refractivity contribution in [1.29, 1.82) is 0 Å². The minimum atomic E-state index is -4.47. The van der Waals surface area contributed by atoms with E-state index >= 15 is 0 Å². The SMILES string of the molecule is CC1(C)OB(c2cc(-n3cccn3)cc(C(F)(F)F)c2)OC1(C)C. The van der Waals surface area contributed by atoms with Crippen molar-refractivity contribution in [1.82, 2.24) is 9.78 Å². The van der Waals surface area contributed by atoms with Gasteiger partial charge in [-0.05, 0) is 51.4 Å². The number of rotatable bonds is 2. The van der Waals surface area contributed by atoms with E-state index in [1.54, 1.807) is 18.3 Å². The fourth-order valence-corrected chi connectivity index (χ4v) is 2.47. The summed E-state index contributed by atoms with van der Waals surface area (Å²) in [5, 5.41) is 4.00. The summed E-state index contributed by atoms with van der Waals surface area (Å²) in [4.78, 5) is 0. The molecule has 128 valence electrons. The molecule has 0 atom stereocenters. The van der Waals surface area contributed by atoms with Gasteiger partial charge in [0.15, 0.2) is 0 Å². The van der Waals surface area contributed by atoms with Crippen molar-refractivity contribution in [3.8, 4) is 5.69 Å². The summed E-state index contributed by atoms with van der Waals surface area (Å²) in [7, 11) is -0.869. The van der Waals surface area contributed by atoms with Gasteiger partial charge in [-0.25, -0.2) is 4.68 Å². The van der Waals surface area contributed by atoms with Gasteiger partial charge in [0, 0.05) is 12.4 Å². The van der Waals surface area contributed by atoms with E-state index in [1.165, 1.54) is 10.9 Å². The van der Waals surface area contributed by atoms with E-state index in [9.17, 15) is 13.2 Å². The van der Waals surface area contributed by atoms with Crippen molar-refractivity contribution in [2.75, 3.05) is 0 Å². The van der Waals surface area contributed by atoms with E-state index in [1.807, 2.05) is 27.7 Å². The average molecular weight is 338 g/mol. The zero-order valence-corrected chi connectivity index (χ0v) is 13.9. The third-order valence-corrected chi connectivity index (χ3v) is 4.56. The number of halogens is 3. The van der Waals surface area contributed by atoms with Crippen molar-refractivity contribution in [2.24, 2.45) is 0 Å². The number of benzene rings is 1. The molecule has 0 radical (unpaired) electrons. The number of aromatic nitrogens is 2. The van der Waals surface area contributed by atoms with Crippen LogP contribution in [0.2, 0.25) is 0 Å². The standard InChI is InChI=1S/C16H18BF3N2O2/c1-14(2)15(3,4)24-17(23-14)12-8-11(16(18,19)20)9-13(10-12)22-7-5-6-21-22/h5-10H,1-4H3. The lowest BCUT2D eigenvalue weighted by molar-refractivity contribution is -0.137. The third kappa shape index (κ3) is 2.96. The quantitative estimate of drug-likeness (QED) is 0.789. The maximum absolute atomic E-state index is 13.3. The molecule has 0 N–H and O–H groups in total. The van der Waals surface area contributed by atoms with E-state index in [0.717, 1.165) is 12.1 Å². The van der Waals surface area contributed by atoms with E-state index in [-0.39, 0.29) is 0 Å². The first kappa shape index (κ1) is 17.0. The van der Waals surface area contributed by atoms with E-state index < -0.39 is 30.1 Å². The zero-order valence-electron chi connectivity index (χ0n) is 13.9. The van der Waals surface area contributed by atoms with Crippen LogP contribution in [0.1, 0.15) is 33.3 Å².